The summed E-state index contributed by atoms with van der Waals surface area (Å²) >= 11 is 0. The van der Waals surface area contributed by atoms with Crippen molar-refractivity contribution in [1.29, 1.82) is 0 Å². The van der Waals surface area contributed by atoms with Crippen molar-refractivity contribution in [2.45, 2.75) is 13.3 Å². The zero-order valence-corrected chi connectivity index (χ0v) is 8.90. The average molecular weight is 216 g/mol. The van der Waals surface area contributed by atoms with E-state index in [4.69, 9.17) is 5.73 Å². The monoisotopic (exact) mass is 216 g/mol. The summed E-state index contributed by atoms with van der Waals surface area (Å²) in [5, 5.41) is 0. The molecule has 0 saturated heterocycles. The Balaban J connectivity index is 2.62. The third-order valence-electron chi connectivity index (χ3n) is 2.32. The van der Waals surface area contributed by atoms with Crippen molar-refractivity contribution in [3.05, 3.63) is 40.3 Å². The highest BCUT2D eigenvalue weighted by Crippen LogP contribution is 2.19. The predicted octanol–water partition coefficient (Wildman–Crippen LogP) is 0.976. The summed E-state index contributed by atoms with van der Waals surface area (Å²) in [6.07, 6.45) is 0.863. The Hall–Kier alpha value is -2.17. The van der Waals surface area contributed by atoms with Gasteiger partial charge in [-0.1, -0.05) is 31.2 Å². The number of nitrogen functional groups attached to an aromatic ring is 1. The molecule has 0 atom stereocenters. The van der Waals surface area contributed by atoms with Crippen molar-refractivity contribution in [3.8, 4) is 11.4 Å². The minimum atomic E-state index is -0.478. The summed E-state index contributed by atoms with van der Waals surface area (Å²) < 4.78 is 0. The molecule has 0 aliphatic rings. The van der Waals surface area contributed by atoms with E-state index in [2.05, 4.69) is 15.0 Å². The van der Waals surface area contributed by atoms with Crippen LogP contribution < -0.4 is 11.4 Å². The molecule has 0 aliphatic heterocycles. The predicted molar refractivity (Wildman–Crippen MR) is 61.9 cm³/mol. The van der Waals surface area contributed by atoms with Crippen LogP contribution in [-0.4, -0.2) is 15.0 Å². The fourth-order valence-electron chi connectivity index (χ4n) is 1.59. The number of anilines is 1. The zero-order chi connectivity index (χ0) is 11.5. The second kappa shape index (κ2) is 4.14. The highest BCUT2D eigenvalue weighted by Gasteiger charge is 2.06. The molecule has 0 spiro atoms. The lowest BCUT2D eigenvalue weighted by Gasteiger charge is -2.06. The second-order valence-corrected chi connectivity index (χ2v) is 3.37. The van der Waals surface area contributed by atoms with Crippen molar-refractivity contribution in [2.24, 2.45) is 0 Å². The van der Waals surface area contributed by atoms with Gasteiger partial charge in [0, 0.05) is 5.56 Å². The van der Waals surface area contributed by atoms with Gasteiger partial charge in [-0.05, 0) is 12.0 Å². The van der Waals surface area contributed by atoms with E-state index < -0.39 is 5.69 Å². The van der Waals surface area contributed by atoms with Crippen LogP contribution in [0.25, 0.3) is 11.4 Å². The number of aromatic amines is 1. The minimum Gasteiger partial charge on any atom is -0.368 e. The molecule has 2 aromatic rings. The SMILES string of the molecule is CCc1ccccc1-c1nc(N)nc(=O)[nH]1. The molecule has 0 saturated carbocycles. The maximum Gasteiger partial charge on any atom is 0.349 e. The molecular formula is C11H12N4O. The van der Waals surface area contributed by atoms with Crippen LogP contribution in [0.4, 0.5) is 5.95 Å². The Morgan fingerprint density at radius 1 is 1.31 bits per heavy atom. The van der Waals surface area contributed by atoms with Gasteiger partial charge in [0.1, 0.15) is 5.82 Å². The molecule has 1 aromatic carbocycles. The lowest BCUT2D eigenvalue weighted by molar-refractivity contribution is 1.00. The molecule has 0 radical (unpaired) electrons. The Bertz CT molecular complexity index is 562. The first-order chi connectivity index (χ1) is 7.70. The van der Waals surface area contributed by atoms with Gasteiger partial charge in [0.15, 0.2) is 0 Å². The molecule has 1 aromatic heterocycles. The third-order valence-corrected chi connectivity index (χ3v) is 2.32. The number of nitrogens with zero attached hydrogens (tertiary/aromatic N) is 2. The van der Waals surface area contributed by atoms with Crippen LogP contribution in [0.3, 0.4) is 0 Å². The minimum absolute atomic E-state index is 0.00958. The topological polar surface area (TPSA) is 84.7 Å². The second-order valence-electron chi connectivity index (χ2n) is 3.37. The number of nitrogens with two attached hydrogens (primary N) is 1. The number of H-pyrrole nitrogens is 1. The summed E-state index contributed by atoms with van der Waals surface area (Å²) in [7, 11) is 0. The number of hydrogen-bond acceptors (Lipinski definition) is 4. The molecular weight excluding hydrogens is 204 g/mol. The van der Waals surface area contributed by atoms with E-state index in [1.807, 2.05) is 31.2 Å². The maximum atomic E-state index is 11.2. The maximum absolute atomic E-state index is 11.2. The van der Waals surface area contributed by atoms with Crippen molar-refractivity contribution in [2.75, 3.05) is 5.73 Å². The molecule has 82 valence electrons. The van der Waals surface area contributed by atoms with E-state index in [0.717, 1.165) is 17.5 Å². The third kappa shape index (κ3) is 1.93. The van der Waals surface area contributed by atoms with Crippen LogP contribution in [0.1, 0.15) is 12.5 Å². The Morgan fingerprint density at radius 3 is 2.75 bits per heavy atom. The van der Waals surface area contributed by atoms with Gasteiger partial charge in [-0.3, -0.25) is 4.98 Å². The summed E-state index contributed by atoms with van der Waals surface area (Å²) in [5.41, 5.74) is 6.96. The molecule has 0 bridgehead atoms. The number of aromatic nitrogens is 3. The molecule has 0 amide bonds. The number of aryl methyl sites for hydroxylation is 1. The van der Waals surface area contributed by atoms with Gasteiger partial charge in [-0.25, -0.2) is 4.79 Å². The Labute approximate surface area is 92.4 Å². The highest BCUT2D eigenvalue weighted by atomic mass is 16.1. The van der Waals surface area contributed by atoms with Crippen LogP contribution in [0.2, 0.25) is 0 Å². The molecule has 3 N–H and O–H groups in total. The van der Waals surface area contributed by atoms with E-state index in [1.54, 1.807) is 0 Å². The smallest absolute Gasteiger partial charge is 0.349 e. The first-order valence-corrected chi connectivity index (χ1v) is 5.03. The summed E-state index contributed by atoms with van der Waals surface area (Å²) in [6, 6.07) is 7.73. The van der Waals surface area contributed by atoms with Gasteiger partial charge in [0.25, 0.3) is 0 Å². The molecule has 16 heavy (non-hydrogen) atoms. The van der Waals surface area contributed by atoms with Gasteiger partial charge < -0.3 is 5.73 Å². The number of rotatable bonds is 2. The largest absolute Gasteiger partial charge is 0.368 e. The van der Waals surface area contributed by atoms with Crippen molar-refractivity contribution < 1.29 is 0 Å². The molecule has 5 nitrogen and oxygen atoms in total. The van der Waals surface area contributed by atoms with E-state index in [-0.39, 0.29) is 5.95 Å². The van der Waals surface area contributed by atoms with Crippen LogP contribution in [0.15, 0.2) is 29.1 Å². The number of nitrogens with one attached hydrogen (secondary N) is 1. The summed E-state index contributed by atoms with van der Waals surface area (Å²) in [4.78, 5) is 21.3. The first kappa shape index (κ1) is 10.4. The van der Waals surface area contributed by atoms with E-state index in [1.165, 1.54) is 0 Å². The molecule has 2 rings (SSSR count). The molecule has 0 unspecified atom stereocenters. The molecule has 1 heterocycles. The lowest BCUT2D eigenvalue weighted by Crippen LogP contribution is -2.15. The quantitative estimate of drug-likeness (QED) is 0.783. The van der Waals surface area contributed by atoms with Gasteiger partial charge >= 0.3 is 5.69 Å². The number of benzene rings is 1. The zero-order valence-electron chi connectivity index (χ0n) is 8.90. The molecule has 5 heteroatoms. The average Bonchev–Trinajstić information content (AvgIpc) is 2.27. The molecule has 0 aliphatic carbocycles. The van der Waals surface area contributed by atoms with Crippen molar-refractivity contribution in [1.82, 2.24) is 15.0 Å². The fraction of sp³-hybridized carbons (Fsp3) is 0.182. The summed E-state index contributed by atoms with van der Waals surface area (Å²) in [6.45, 7) is 2.04. The van der Waals surface area contributed by atoms with Gasteiger partial charge in [-0.15, -0.1) is 0 Å². The first-order valence-electron chi connectivity index (χ1n) is 5.03. The lowest BCUT2D eigenvalue weighted by atomic mass is 10.1. The van der Waals surface area contributed by atoms with Crippen molar-refractivity contribution >= 4 is 5.95 Å². The number of hydrogen-bond donors (Lipinski definition) is 2. The van der Waals surface area contributed by atoms with Gasteiger partial charge in [0.05, 0.1) is 0 Å². The Morgan fingerprint density at radius 2 is 2.06 bits per heavy atom. The molecule has 0 fully saturated rings. The van der Waals surface area contributed by atoms with Crippen LogP contribution in [-0.2, 0) is 6.42 Å². The van der Waals surface area contributed by atoms with E-state index in [0.29, 0.717) is 5.82 Å². The van der Waals surface area contributed by atoms with E-state index >= 15 is 0 Å². The van der Waals surface area contributed by atoms with Crippen molar-refractivity contribution in [3.63, 3.8) is 0 Å². The fourth-order valence-corrected chi connectivity index (χ4v) is 1.59. The van der Waals surface area contributed by atoms with Crippen LogP contribution >= 0.6 is 0 Å². The van der Waals surface area contributed by atoms with Crippen LogP contribution in [0.5, 0.6) is 0 Å². The standard InChI is InChI=1S/C11H12N4O/c1-2-7-5-3-4-6-8(7)9-13-10(12)15-11(16)14-9/h3-6H,2H2,1H3,(H3,12,13,14,15,16). The van der Waals surface area contributed by atoms with E-state index in [9.17, 15) is 4.79 Å². The Kier molecular flexibility index (Phi) is 2.68. The highest BCUT2D eigenvalue weighted by molar-refractivity contribution is 5.60. The van der Waals surface area contributed by atoms with Gasteiger partial charge in [-0.2, -0.15) is 9.97 Å². The normalized spacial score (nSPS) is 10.3. The van der Waals surface area contributed by atoms with Gasteiger partial charge in [0.2, 0.25) is 5.95 Å². The van der Waals surface area contributed by atoms with Crippen LogP contribution in [0, 0.1) is 0 Å². The summed E-state index contributed by atoms with van der Waals surface area (Å²) in [5.74, 6) is 0.458.